The van der Waals surface area contributed by atoms with Crippen molar-refractivity contribution in [1.82, 2.24) is 15.0 Å². The zero-order valence-electron chi connectivity index (χ0n) is 13.2. The lowest BCUT2D eigenvalue weighted by atomic mass is 10.1. The van der Waals surface area contributed by atoms with E-state index >= 15 is 0 Å². The molecule has 2 N–H and O–H groups in total. The molecule has 0 aliphatic carbocycles. The fourth-order valence-corrected chi connectivity index (χ4v) is 3.09. The summed E-state index contributed by atoms with van der Waals surface area (Å²) < 4.78 is 0. The van der Waals surface area contributed by atoms with Crippen LogP contribution in [0.2, 0.25) is 0 Å². The Hall–Kier alpha value is -1.24. The van der Waals surface area contributed by atoms with Gasteiger partial charge in [-0.05, 0) is 37.2 Å². The Balaban J connectivity index is 2.05. The molecule has 7 heteroatoms. The van der Waals surface area contributed by atoms with Gasteiger partial charge in [-0.1, -0.05) is 6.92 Å². The van der Waals surface area contributed by atoms with Gasteiger partial charge in [0.1, 0.15) is 0 Å². The van der Waals surface area contributed by atoms with Crippen LogP contribution in [0, 0.1) is 5.92 Å². The summed E-state index contributed by atoms with van der Waals surface area (Å²) in [6.07, 6.45) is 5.87. The minimum absolute atomic E-state index is 0.591. The molecule has 21 heavy (non-hydrogen) atoms. The fourth-order valence-electron chi connectivity index (χ4n) is 2.40. The van der Waals surface area contributed by atoms with Crippen molar-refractivity contribution < 1.29 is 0 Å². The monoisotopic (exact) mass is 310 g/mol. The molecule has 1 aromatic heterocycles. The fraction of sp³-hybridized carbons (Fsp3) is 0.786. The van der Waals surface area contributed by atoms with Crippen molar-refractivity contribution in [3.05, 3.63) is 0 Å². The lowest BCUT2D eigenvalue weighted by Gasteiger charge is -2.27. The summed E-state index contributed by atoms with van der Waals surface area (Å²) >= 11 is 1.86. The van der Waals surface area contributed by atoms with Gasteiger partial charge in [0.25, 0.3) is 0 Å². The molecule has 0 saturated carbocycles. The lowest BCUT2D eigenvalue weighted by molar-refractivity contribution is 0.567. The molecular weight excluding hydrogens is 284 g/mol. The van der Waals surface area contributed by atoms with E-state index in [1.54, 1.807) is 0 Å². The molecular formula is C14H26N6S. The topological polar surface area (TPSA) is 66.0 Å². The number of thioether (sulfide) groups is 1. The first-order valence-electron chi connectivity index (χ1n) is 7.64. The van der Waals surface area contributed by atoms with E-state index in [9.17, 15) is 0 Å². The van der Waals surface area contributed by atoms with E-state index < -0.39 is 0 Å². The SMILES string of the molecule is CNc1nc(NCC(C)CSC)nc(N2CCCCC2)n1. The number of aromatic nitrogens is 3. The maximum atomic E-state index is 4.58. The van der Waals surface area contributed by atoms with Crippen LogP contribution in [0.15, 0.2) is 0 Å². The number of hydrogen-bond donors (Lipinski definition) is 2. The summed E-state index contributed by atoms with van der Waals surface area (Å²) in [4.78, 5) is 15.7. The third-order valence-electron chi connectivity index (χ3n) is 3.55. The van der Waals surface area contributed by atoms with E-state index in [1.165, 1.54) is 19.3 Å². The van der Waals surface area contributed by atoms with E-state index in [1.807, 2.05) is 18.8 Å². The molecule has 0 bridgehead atoms. The second kappa shape index (κ2) is 8.26. The molecule has 1 unspecified atom stereocenters. The Kier molecular flexibility index (Phi) is 6.35. The molecule has 0 aromatic carbocycles. The van der Waals surface area contributed by atoms with Crippen LogP contribution < -0.4 is 15.5 Å². The lowest BCUT2D eigenvalue weighted by Crippen LogP contribution is -2.31. The smallest absolute Gasteiger partial charge is 0.231 e. The van der Waals surface area contributed by atoms with Crippen LogP contribution in [0.1, 0.15) is 26.2 Å². The van der Waals surface area contributed by atoms with Gasteiger partial charge in [0, 0.05) is 26.7 Å². The van der Waals surface area contributed by atoms with Crippen LogP contribution in [0.4, 0.5) is 17.8 Å². The van der Waals surface area contributed by atoms with E-state index in [0.717, 1.165) is 31.3 Å². The first-order valence-corrected chi connectivity index (χ1v) is 9.04. The van der Waals surface area contributed by atoms with Gasteiger partial charge in [0.05, 0.1) is 0 Å². The maximum absolute atomic E-state index is 4.58. The molecule has 6 nitrogen and oxygen atoms in total. The Morgan fingerprint density at radius 2 is 1.86 bits per heavy atom. The Bertz CT molecular complexity index is 435. The first kappa shape index (κ1) is 16.1. The van der Waals surface area contributed by atoms with Crippen LogP contribution >= 0.6 is 11.8 Å². The van der Waals surface area contributed by atoms with Crippen molar-refractivity contribution in [1.29, 1.82) is 0 Å². The van der Waals surface area contributed by atoms with Gasteiger partial charge in [-0.15, -0.1) is 0 Å². The molecule has 1 aromatic rings. The molecule has 1 saturated heterocycles. The van der Waals surface area contributed by atoms with Crippen molar-refractivity contribution in [2.24, 2.45) is 5.92 Å². The second-order valence-electron chi connectivity index (χ2n) is 5.52. The highest BCUT2D eigenvalue weighted by atomic mass is 32.2. The predicted octanol–water partition coefficient (Wildman–Crippen LogP) is 2.31. The predicted molar refractivity (Wildman–Crippen MR) is 91.5 cm³/mol. The van der Waals surface area contributed by atoms with E-state index in [-0.39, 0.29) is 0 Å². The van der Waals surface area contributed by atoms with E-state index in [2.05, 4.69) is 43.7 Å². The zero-order chi connectivity index (χ0) is 15.1. The van der Waals surface area contributed by atoms with Gasteiger partial charge in [0.15, 0.2) is 0 Å². The van der Waals surface area contributed by atoms with Crippen LogP contribution in [-0.4, -0.2) is 53.6 Å². The average Bonchev–Trinajstić information content (AvgIpc) is 2.54. The number of anilines is 3. The summed E-state index contributed by atoms with van der Waals surface area (Å²) in [5, 5.41) is 6.37. The Morgan fingerprint density at radius 1 is 1.14 bits per heavy atom. The average molecular weight is 310 g/mol. The summed E-state index contributed by atoms with van der Waals surface area (Å²) in [5.74, 6) is 3.81. The molecule has 1 aliphatic rings. The molecule has 2 heterocycles. The van der Waals surface area contributed by atoms with Gasteiger partial charge in [-0.2, -0.15) is 26.7 Å². The molecule has 118 valence electrons. The summed E-state index contributed by atoms with van der Waals surface area (Å²) in [7, 11) is 1.84. The standard InChI is InChI=1S/C14H26N6S/c1-11(10-21-3)9-16-13-17-12(15-2)18-14(19-13)20-7-5-4-6-8-20/h11H,4-10H2,1-3H3,(H2,15,16,17,18,19). The number of nitrogens with zero attached hydrogens (tertiary/aromatic N) is 4. The van der Waals surface area contributed by atoms with Crippen molar-refractivity contribution in [2.75, 3.05) is 54.2 Å². The quantitative estimate of drug-likeness (QED) is 0.801. The van der Waals surface area contributed by atoms with Crippen molar-refractivity contribution in [2.45, 2.75) is 26.2 Å². The first-order chi connectivity index (χ1) is 10.2. The molecule has 0 amide bonds. The highest BCUT2D eigenvalue weighted by molar-refractivity contribution is 7.98. The second-order valence-corrected chi connectivity index (χ2v) is 6.43. The van der Waals surface area contributed by atoms with Crippen molar-refractivity contribution >= 4 is 29.6 Å². The minimum atomic E-state index is 0.591. The van der Waals surface area contributed by atoms with Gasteiger partial charge in [0.2, 0.25) is 17.8 Å². The minimum Gasteiger partial charge on any atom is -0.357 e. The number of nitrogens with one attached hydrogen (secondary N) is 2. The third-order valence-corrected chi connectivity index (χ3v) is 4.45. The normalized spacial score (nSPS) is 16.6. The molecule has 1 fully saturated rings. The molecule has 1 atom stereocenters. The van der Waals surface area contributed by atoms with Gasteiger partial charge in [-0.3, -0.25) is 0 Å². The van der Waals surface area contributed by atoms with Crippen LogP contribution in [0.25, 0.3) is 0 Å². The highest BCUT2D eigenvalue weighted by Crippen LogP contribution is 2.18. The Labute approximate surface area is 131 Å². The van der Waals surface area contributed by atoms with Gasteiger partial charge < -0.3 is 15.5 Å². The number of rotatable bonds is 7. The number of hydrogen-bond acceptors (Lipinski definition) is 7. The zero-order valence-corrected chi connectivity index (χ0v) is 14.0. The number of piperidine rings is 1. The van der Waals surface area contributed by atoms with E-state index in [0.29, 0.717) is 17.8 Å². The molecule has 0 spiro atoms. The third kappa shape index (κ3) is 4.91. The molecule has 2 rings (SSSR count). The highest BCUT2D eigenvalue weighted by Gasteiger charge is 2.16. The van der Waals surface area contributed by atoms with Crippen molar-refractivity contribution in [3.63, 3.8) is 0 Å². The molecule has 0 radical (unpaired) electrons. The van der Waals surface area contributed by atoms with E-state index in [4.69, 9.17) is 0 Å². The van der Waals surface area contributed by atoms with Crippen LogP contribution in [-0.2, 0) is 0 Å². The van der Waals surface area contributed by atoms with Crippen LogP contribution in [0.5, 0.6) is 0 Å². The van der Waals surface area contributed by atoms with Gasteiger partial charge in [-0.25, -0.2) is 0 Å². The summed E-state index contributed by atoms with van der Waals surface area (Å²) in [6, 6.07) is 0. The van der Waals surface area contributed by atoms with Crippen molar-refractivity contribution in [3.8, 4) is 0 Å². The Morgan fingerprint density at radius 3 is 2.52 bits per heavy atom. The maximum Gasteiger partial charge on any atom is 0.231 e. The largest absolute Gasteiger partial charge is 0.357 e. The van der Waals surface area contributed by atoms with Crippen LogP contribution in [0.3, 0.4) is 0 Å². The summed E-state index contributed by atoms with van der Waals surface area (Å²) in [6.45, 7) is 5.19. The van der Waals surface area contributed by atoms with Gasteiger partial charge >= 0.3 is 0 Å². The summed E-state index contributed by atoms with van der Waals surface area (Å²) in [5.41, 5.74) is 0. The molecule has 1 aliphatic heterocycles.